The van der Waals surface area contributed by atoms with Crippen LogP contribution in [0.25, 0.3) is 0 Å². The van der Waals surface area contributed by atoms with Gasteiger partial charge in [-0.3, -0.25) is 0 Å². The summed E-state index contributed by atoms with van der Waals surface area (Å²) in [5.74, 6) is 0. The van der Waals surface area contributed by atoms with Crippen LogP contribution in [0.3, 0.4) is 0 Å². The second-order valence-electron chi connectivity index (χ2n) is 3.03. The molecule has 1 atom stereocenters. The molecule has 0 N–H and O–H groups in total. The molecule has 0 aliphatic heterocycles. The first-order chi connectivity index (χ1) is 5.89. The summed E-state index contributed by atoms with van der Waals surface area (Å²) in [6.07, 6.45) is 0.882. The van der Waals surface area contributed by atoms with Gasteiger partial charge in [0.1, 0.15) is 4.32 Å². The third-order valence-corrected chi connectivity index (χ3v) is 3.14. The van der Waals surface area contributed by atoms with Crippen LogP contribution in [0.2, 0.25) is 0 Å². The van der Waals surface area contributed by atoms with Crippen molar-refractivity contribution >= 4 is 15.9 Å². The normalized spacial score (nSPS) is 28.8. The topological polar surface area (TPSA) is 0 Å². The fraction of sp³-hybridized carbons (Fsp3) is 0.556. The Bertz CT molecular complexity index is 252. The Kier molecular flexibility index (Phi) is 2.90. The maximum absolute atomic E-state index is 12.4. The van der Waals surface area contributed by atoms with Crippen molar-refractivity contribution in [3.8, 4) is 0 Å². The predicted octanol–water partition coefficient (Wildman–Crippen LogP) is 3.98. The zero-order valence-electron chi connectivity index (χ0n) is 7.16. The van der Waals surface area contributed by atoms with Gasteiger partial charge in [-0.1, -0.05) is 46.7 Å². The van der Waals surface area contributed by atoms with Crippen molar-refractivity contribution in [2.75, 3.05) is 0 Å². The molecule has 0 amide bonds. The third kappa shape index (κ3) is 2.16. The van der Waals surface area contributed by atoms with Crippen LogP contribution < -0.4 is 0 Å². The smallest absolute Gasteiger partial charge is 0.169 e. The Morgan fingerprint density at radius 1 is 1.54 bits per heavy atom. The van der Waals surface area contributed by atoms with Crippen LogP contribution in [-0.2, 0) is 0 Å². The van der Waals surface area contributed by atoms with Crippen LogP contribution in [-0.4, -0.2) is 10.5 Å². The summed E-state index contributed by atoms with van der Waals surface area (Å²) in [5.41, 5.74) is 0.958. The first kappa shape index (κ1) is 10.8. The van der Waals surface area contributed by atoms with Gasteiger partial charge < -0.3 is 0 Å². The number of hydrogen-bond donors (Lipinski definition) is 0. The highest BCUT2D eigenvalue weighted by Gasteiger charge is 2.51. The minimum atomic E-state index is -4.22. The lowest BCUT2D eigenvalue weighted by Crippen LogP contribution is -2.37. The lowest BCUT2D eigenvalue weighted by molar-refractivity contribution is -0.145. The van der Waals surface area contributed by atoms with E-state index in [1.807, 2.05) is 6.92 Å². The SMILES string of the molecule is CCC1=CCC(Br)(C(F)(F)F)C=C1. The quantitative estimate of drug-likeness (QED) is 0.621. The molecule has 0 nitrogen and oxygen atoms in total. The zero-order valence-corrected chi connectivity index (χ0v) is 8.74. The molecule has 0 saturated carbocycles. The fourth-order valence-corrected chi connectivity index (χ4v) is 1.42. The fourth-order valence-electron chi connectivity index (χ4n) is 1.13. The highest BCUT2D eigenvalue weighted by Crippen LogP contribution is 2.44. The molecule has 0 aromatic heterocycles. The van der Waals surface area contributed by atoms with Gasteiger partial charge in [-0.2, -0.15) is 13.2 Å². The molecular formula is C9H10BrF3. The average Bonchev–Trinajstić information content (AvgIpc) is 2.04. The molecule has 1 unspecified atom stereocenters. The minimum Gasteiger partial charge on any atom is -0.169 e. The van der Waals surface area contributed by atoms with Gasteiger partial charge in [0.2, 0.25) is 0 Å². The molecule has 74 valence electrons. The molecule has 0 saturated heterocycles. The van der Waals surface area contributed by atoms with Gasteiger partial charge in [0.05, 0.1) is 0 Å². The lowest BCUT2D eigenvalue weighted by atomic mass is 9.95. The molecule has 13 heavy (non-hydrogen) atoms. The summed E-state index contributed by atoms with van der Waals surface area (Å²) in [5, 5.41) is 0. The Labute approximate surface area is 83.6 Å². The maximum Gasteiger partial charge on any atom is 0.407 e. The molecule has 1 rings (SSSR count). The van der Waals surface area contributed by atoms with Crippen molar-refractivity contribution in [1.82, 2.24) is 0 Å². The Balaban J connectivity index is 2.81. The molecule has 0 bridgehead atoms. The average molecular weight is 255 g/mol. The highest BCUT2D eigenvalue weighted by atomic mass is 79.9. The van der Waals surface area contributed by atoms with Crippen molar-refractivity contribution < 1.29 is 13.2 Å². The van der Waals surface area contributed by atoms with Crippen molar-refractivity contribution in [2.24, 2.45) is 0 Å². The maximum atomic E-state index is 12.4. The molecule has 4 heteroatoms. The first-order valence-corrected chi connectivity index (χ1v) is 4.82. The van der Waals surface area contributed by atoms with Gasteiger partial charge in [0, 0.05) is 0 Å². The van der Waals surface area contributed by atoms with Gasteiger partial charge in [-0.15, -0.1) is 0 Å². The first-order valence-electron chi connectivity index (χ1n) is 4.03. The number of allylic oxidation sites excluding steroid dienone is 4. The van der Waals surface area contributed by atoms with Crippen LogP contribution >= 0.6 is 15.9 Å². The largest absolute Gasteiger partial charge is 0.407 e. The van der Waals surface area contributed by atoms with Gasteiger partial charge in [-0.05, 0) is 12.8 Å². The second-order valence-corrected chi connectivity index (χ2v) is 4.45. The molecular weight excluding hydrogens is 245 g/mol. The Hall–Kier alpha value is -0.250. The highest BCUT2D eigenvalue weighted by molar-refractivity contribution is 9.10. The molecule has 0 heterocycles. The Morgan fingerprint density at radius 3 is 2.46 bits per heavy atom. The van der Waals surface area contributed by atoms with Gasteiger partial charge in [-0.25, -0.2) is 0 Å². The third-order valence-electron chi connectivity index (χ3n) is 2.10. The van der Waals surface area contributed by atoms with Gasteiger partial charge >= 0.3 is 6.18 Å². The van der Waals surface area contributed by atoms with Crippen LogP contribution in [0.15, 0.2) is 23.8 Å². The van der Waals surface area contributed by atoms with E-state index in [0.717, 1.165) is 12.0 Å². The van der Waals surface area contributed by atoms with E-state index < -0.39 is 10.5 Å². The summed E-state index contributed by atoms with van der Waals surface area (Å²) >= 11 is 2.72. The van der Waals surface area contributed by atoms with Crippen LogP contribution in [0.1, 0.15) is 19.8 Å². The minimum absolute atomic E-state index is 0.0177. The van der Waals surface area contributed by atoms with E-state index in [1.165, 1.54) is 12.2 Å². The lowest BCUT2D eigenvalue weighted by Gasteiger charge is -2.28. The summed E-state index contributed by atoms with van der Waals surface area (Å²) in [4.78, 5) is 0. The van der Waals surface area contributed by atoms with E-state index in [-0.39, 0.29) is 6.42 Å². The van der Waals surface area contributed by atoms with Gasteiger partial charge in [0.15, 0.2) is 0 Å². The van der Waals surface area contributed by atoms with Crippen molar-refractivity contribution in [3.05, 3.63) is 23.8 Å². The zero-order chi connectivity index (χ0) is 10.1. The number of halogens is 4. The van der Waals surface area contributed by atoms with Crippen LogP contribution in [0.4, 0.5) is 13.2 Å². The molecule has 0 radical (unpaired) electrons. The number of rotatable bonds is 1. The van der Waals surface area contributed by atoms with Crippen molar-refractivity contribution in [3.63, 3.8) is 0 Å². The summed E-state index contributed by atoms with van der Waals surface area (Å²) < 4.78 is 35.4. The van der Waals surface area contributed by atoms with E-state index >= 15 is 0 Å². The number of hydrogen-bond acceptors (Lipinski definition) is 0. The second kappa shape index (κ2) is 3.48. The summed E-state index contributed by atoms with van der Waals surface area (Å²) in [7, 11) is 0. The molecule has 0 aromatic rings. The van der Waals surface area contributed by atoms with E-state index in [1.54, 1.807) is 6.08 Å². The predicted molar refractivity (Wildman–Crippen MR) is 49.8 cm³/mol. The standard InChI is InChI=1S/C9H10BrF3/c1-2-7-3-5-8(10,6-4-7)9(11,12)13/h3-5H,2,6H2,1H3. The van der Waals surface area contributed by atoms with Crippen LogP contribution in [0.5, 0.6) is 0 Å². The monoisotopic (exact) mass is 254 g/mol. The molecule has 1 aliphatic carbocycles. The van der Waals surface area contributed by atoms with Crippen LogP contribution in [0, 0.1) is 0 Å². The van der Waals surface area contributed by atoms with Crippen molar-refractivity contribution in [2.45, 2.75) is 30.3 Å². The van der Waals surface area contributed by atoms with E-state index in [9.17, 15) is 13.2 Å². The molecule has 1 aliphatic rings. The van der Waals surface area contributed by atoms with E-state index in [0.29, 0.717) is 0 Å². The van der Waals surface area contributed by atoms with Gasteiger partial charge in [0.25, 0.3) is 0 Å². The van der Waals surface area contributed by atoms with E-state index in [4.69, 9.17) is 0 Å². The van der Waals surface area contributed by atoms with E-state index in [2.05, 4.69) is 15.9 Å². The molecule has 0 spiro atoms. The Morgan fingerprint density at radius 2 is 2.15 bits per heavy atom. The number of alkyl halides is 4. The summed E-state index contributed by atoms with van der Waals surface area (Å²) in [6, 6.07) is 0. The molecule has 0 aromatic carbocycles. The summed E-state index contributed by atoms with van der Waals surface area (Å²) in [6.45, 7) is 1.92. The van der Waals surface area contributed by atoms with Crippen molar-refractivity contribution in [1.29, 1.82) is 0 Å². The molecule has 0 fully saturated rings.